The second kappa shape index (κ2) is 6.79. The molecule has 2 aromatic rings. The summed E-state index contributed by atoms with van der Waals surface area (Å²) < 4.78 is 0. The van der Waals surface area contributed by atoms with Gasteiger partial charge in [-0.25, -0.2) is 0 Å². The van der Waals surface area contributed by atoms with E-state index in [1.807, 2.05) is 12.1 Å². The number of rotatable bonds is 5. The number of nitrogens with one attached hydrogen (secondary N) is 2. The normalized spacial score (nSPS) is 19.0. The van der Waals surface area contributed by atoms with Gasteiger partial charge in [0.25, 0.3) is 0 Å². The summed E-state index contributed by atoms with van der Waals surface area (Å²) in [4.78, 5) is 28.2. The average molecular weight is 330 g/mol. The number of pyridine rings is 1. The van der Waals surface area contributed by atoms with E-state index in [9.17, 15) is 9.59 Å². The van der Waals surface area contributed by atoms with Crippen molar-refractivity contribution in [1.29, 1.82) is 0 Å². The van der Waals surface area contributed by atoms with Crippen molar-refractivity contribution in [2.75, 3.05) is 5.32 Å². The van der Waals surface area contributed by atoms with Gasteiger partial charge in [0.05, 0.1) is 22.5 Å². The van der Waals surface area contributed by atoms with Crippen molar-refractivity contribution in [2.24, 2.45) is 11.8 Å². The summed E-state index contributed by atoms with van der Waals surface area (Å²) in [6, 6.07) is 10.7. The van der Waals surface area contributed by atoms with E-state index in [1.54, 1.807) is 36.7 Å². The van der Waals surface area contributed by atoms with Crippen molar-refractivity contribution in [1.82, 2.24) is 10.3 Å². The molecule has 0 radical (unpaired) electrons. The molecule has 2 unspecified atom stereocenters. The zero-order valence-electron chi connectivity index (χ0n) is 12.3. The molecule has 118 valence electrons. The van der Waals surface area contributed by atoms with Crippen LogP contribution in [0.25, 0.3) is 0 Å². The molecule has 1 aliphatic carbocycles. The predicted molar refractivity (Wildman–Crippen MR) is 87.8 cm³/mol. The van der Waals surface area contributed by atoms with E-state index in [-0.39, 0.29) is 23.7 Å². The Bertz CT molecular complexity index is 721. The van der Waals surface area contributed by atoms with Crippen molar-refractivity contribution in [3.8, 4) is 0 Å². The molecule has 1 saturated carbocycles. The van der Waals surface area contributed by atoms with E-state index < -0.39 is 0 Å². The third kappa shape index (κ3) is 3.87. The minimum Gasteiger partial charge on any atom is -0.352 e. The number of hydrogen-bond acceptors (Lipinski definition) is 3. The average Bonchev–Trinajstić information content (AvgIpc) is 3.36. The Labute approximate surface area is 139 Å². The van der Waals surface area contributed by atoms with Gasteiger partial charge in [-0.2, -0.15) is 0 Å². The molecule has 6 heteroatoms. The standard InChI is InChI=1S/C17H16ClN3O2/c18-14-5-1-2-6-15(14)21-17(23)13-8-12(13)16(22)20-10-11-4-3-7-19-9-11/h1-7,9,12-13H,8,10H2,(H,20,22)(H,21,23). The monoisotopic (exact) mass is 329 g/mol. The second-order valence-electron chi connectivity index (χ2n) is 5.50. The molecule has 1 aliphatic rings. The van der Waals surface area contributed by atoms with Gasteiger partial charge in [-0.15, -0.1) is 0 Å². The molecular weight excluding hydrogens is 314 g/mol. The molecule has 5 nitrogen and oxygen atoms in total. The van der Waals surface area contributed by atoms with E-state index >= 15 is 0 Å². The number of para-hydroxylation sites is 1. The smallest absolute Gasteiger partial charge is 0.228 e. The van der Waals surface area contributed by atoms with Gasteiger partial charge in [-0.3, -0.25) is 14.6 Å². The molecule has 0 bridgehead atoms. The fraction of sp³-hybridized carbons (Fsp3) is 0.235. The van der Waals surface area contributed by atoms with Crippen LogP contribution >= 0.6 is 11.6 Å². The quantitative estimate of drug-likeness (QED) is 0.885. The van der Waals surface area contributed by atoms with Gasteiger partial charge >= 0.3 is 0 Å². The second-order valence-corrected chi connectivity index (χ2v) is 5.90. The van der Waals surface area contributed by atoms with E-state index in [0.29, 0.717) is 23.7 Å². The number of amides is 2. The molecule has 1 heterocycles. The van der Waals surface area contributed by atoms with Crippen LogP contribution in [0.4, 0.5) is 5.69 Å². The first kappa shape index (κ1) is 15.5. The van der Waals surface area contributed by atoms with Crippen molar-refractivity contribution in [3.05, 3.63) is 59.4 Å². The lowest BCUT2D eigenvalue weighted by Crippen LogP contribution is -2.27. The van der Waals surface area contributed by atoms with Crippen LogP contribution in [-0.2, 0) is 16.1 Å². The molecule has 3 rings (SSSR count). The van der Waals surface area contributed by atoms with Gasteiger partial charge in [0, 0.05) is 18.9 Å². The van der Waals surface area contributed by atoms with Crippen molar-refractivity contribution < 1.29 is 9.59 Å². The largest absolute Gasteiger partial charge is 0.352 e. The number of nitrogens with zero attached hydrogens (tertiary/aromatic N) is 1. The Morgan fingerprint density at radius 2 is 1.91 bits per heavy atom. The summed E-state index contributed by atoms with van der Waals surface area (Å²) in [5.74, 6) is -0.831. The zero-order valence-corrected chi connectivity index (χ0v) is 13.1. The first-order chi connectivity index (χ1) is 11.1. The summed E-state index contributed by atoms with van der Waals surface area (Å²) >= 11 is 6.01. The van der Waals surface area contributed by atoms with E-state index in [4.69, 9.17) is 11.6 Å². The van der Waals surface area contributed by atoms with Crippen LogP contribution in [0.2, 0.25) is 5.02 Å². The molecule has 0 spiro atoms. The van der Waals surface area contributed by atoms with E-state index in [0.717, 1.165) is 5.56 Å². The highest BCUT2D eigenvalue weighted by Gasteiger charge is 2.47. The van der Waals surface area contributed by atoms with Crippen LogP contribution < -0.4 is 10.6 Å². The molecular formula is C17H16ClN3O2. The van der Waals surface area contributed by atoms with Gasteiger partial charge < -0.3 is 10.6 Å². The molecule has 1 aromatic heterocycles. The Morgan fingerprint density at radius 1 is 1.13 bits per heavy atom. The maximum atomic E-state index is 12.2. The van der Waals surface area contributed by atoms with Crippen molar-refractivity contribution in [3.63, 3.8) is 0 Å². The predicted octanol–water partition coefficient (Wildman–Crippen LogP) is 2.63. The van der Waals surface area contributed by atoms with Crippen LogP contribution in [0.15, 0.2) is 48.8 Å². The lowest BCUT2D eigenvalue weighted by atomic mass is 10.2. The molecule has 1 fully saturated rings. The van der Waals surface area contributed by atoms with Crippen LogP contribution in [0.5, 0.6) is 0 Å². The van der Waals surface area contributed by atoms with Crippen LogP contribution in [-0.4, -0.2) is 16.8 Å². The summed E-state index contributed by atoms with van der Waals surface area (Å²) in [6.07, 6.45) is 3.95. The van der Waals surface area contributed by atoms with Gasteiger partial charge in [0.15, 0.2) is 0 Å². The maximum absolute atomic E-state index is 12.2. The molecule has 0 saturated heterocycles. The third-order valence-electron chi connectivity index (χ3n) is 3.79. The summed E-state index contributed by atoms with van der Waals surface area (Å²) in [5, 5.41) is 6.09. The molecule has 0 aliphatic heterocycles. The Morgan fingerprint density at radius 3 is 2.65 bits per heavy atom. The Hall–Kier alpha value is -2.40. The topological polar surface area (TPSA) is 71.1 Å². The number of benzene rings is 1. The lowest BCUT2D eigenvalue weighted by molar-refractivity contribution is -0.125. The zero-order chi connectivity index (χ0) is 16.2. The fourth-order valence-corrected chi connectivity index (χ4v) is 2.57. The van der Waals surface area contributed by atoms with E-state index in [2.05, 4.69) is 15.6 Å². The molecule has 2 amide bonds. The molecule has 23 heavy (non-hydrogen) atoms. The van der Waals surface area contributed by atoms with E-state index in [1.165, 1.54) is 0 Å². The first-order valence-electron chi connectivity index (χ1n) is 7.37. The van der Waals surface area contributed by atoms with Crippen LogP contribution in [0.1, 0.15) is 12.0 Å². The van der Waals surface area contributed by atoms with Crippen molar-refractivity contribution in [2.45, 2.75) is 13.0 Å². The van der Waals surface area contributed by atoms with Crippen molar-refractivity contribution >= 4 is 29.1 Å². The SMILES string of the molecule is O=C(NCc1cccnc1)C1CC1C(=O)Nc1ccccc1Cl. The summed E-state index contributed by atoms with van der Waals surface area (Å²) in [5.41, 5.74) is 1.50. The molecule has 2 atom stereocenters. The lowest BCUT2D eigenvalue weighted by Gasteiger charge is -2.07. The summed E-state index contributed by atoms with van der Waals surface area (Å²) in [7, 11) is 0. The minimum atomic E-state index is -0.292. The van der Waals surface area contributed by atoms with Crippen LogP contribution in [0, 0.1) is 11.8 Å². The number of carbonyl (C=O) groups is 2. The highest BCUT2D eigenvalue weighted by atomic mass is 35.5. The number of hydrogen-bond donors (Lipinski definition) is 2. The number of carbonyl (C=O) groups excluding carboxylic acids is 2. The van der Waals surface area contributed by atoms with Crippen LogP contribution in [0.3, 0.4) is 0 Å². The first-order valence-corrected chi connectivity index (χ1v) is 7.75. The highest BCUT2D eigenvalue weighted by molar-refractivity contribution is 6.33. The van der Waals surface area contributed by atoms with Gasteiger partial charge in [-0.05, 0) is 30.2 Å². The number of aromatic nitrogens is 1. The molecule has 2 N–H and O–H groups in total. The maximum Gasteiger partial charge on any atom is 0.228 e. The summed E-state index contributed by atoms with van der Waals surface area (Å²) in [6.45, 7) is 0.419. The minimum absolute atomic E-state index is 0.104. The number of halogens is 1. The highest BCUT2D eigenvalue weighted by Crippen LogP contribution is 2.40. The third-order valence-corrected chi connectivity index (χ3v) is 4.11. The Kier molecular flexibility index (Phi) is 4.57. The van der Waals surface area contributed by atoms with Gasteiger partial charge in [0.1, 0.15) is 0 Å². The molecule has 1 aromatic carbocycles. The van der Waals surface area contributed by atoms with Gasteiger partial charge in [0.2, 0.25) is 11.8 Å². The fourth-order valence-electron chi connectivity index (χ4n) is 2.39. The number of anilines is 1. The Balaban J connectivity index is 1.49. The van der Waals surface area contributed by atoms with Gasteiger partial charge in [-0.1, -0.05) is 29.8 Å².